The number of rotatable bonds is 4. The summed E-state index contributed by atoms with van der Waals surface area (Å²) in [5.41, 5.74) is -0.0118. The Morgan fingerprint density at radius 2 is 2.04 bits per heavy atom. The number of nitrogens with zero attached hydrogens (tertiary/aromatic N) is 1. The molecule has 0 radical (unpaired) electrons. The molecule has 0 aromatic heterocycles. The van der Waals surface area contributed by atoms with Crippen LogP contribution in [-0.2, 0) is 9.59 Å². The topological polar surface area (TPSA) is 84.9 Å². The van der Waals surface area contributed by atoms with E-state index in [4.69, 9.17) is 9.47 Å². The fraction of sp³-hybridized carbons (Fsp3) is 0.550. The summed E-state index contributed by atoms with van der Waals surface area (Å²) in [5, 5.41) is 2.87. The number of ketones is 1. The largest absolute Gasteiger partial charge is 0.486 e. The molecule has 0 unspecified atom stereocenters. The van der Waals surface area contributed by atoms with Crippen LogP contribution in [0.1, 0.15) is 49.4 Å². The first-order valence-electron chi connectivity index (χ1n) is 9.48. The number of fused-ring (bicyclic) bond motifs is 1. The van der Waals surface area contributed by atoms with Crippen molar-refractivity contribution in [3.05, 3.63) is 23.8 Å². The second-order valence-electron chi connectivity index (χ2n) is 7.68. The van der Waals surface area contributed by atoms with Crippen molar-refractivity contribution in [1.29, 1.82) is 0 Å². The maximum Gasteiger partial charge on any atom is 0.258 e. The highest BCUT2D eigenvalue weighted by molar-refractivity contribution is 6.00. The number of amides is 2. The highest BCUT2D eigenvalue weighted by Gasteiger charge is 2.43. The third-order valence-corrected chi connectivity index (χ3v) is 5.50. The number of piperidine rings is 1. The monoisotopic (exact) mass is 372 g/mol. The molecule has 0 atom stereocenters. The molecule has 4 rings (SSSR count). The molecule has 2 fully saturated rings. The minimum atomic E-state index is -0.558. The molecule has 27 heavy (non-hydrogen) atoms. The summed E-state index contributed by atoms with van der Waals surface area (Å²) >= 11 is 0. The molecule has 1 aliphatic carbocycles. The van der Waals surface area contributed by atoms with Gasteiger partial charge < -0.3 is 19.7 Å². The van der Waals surface area contributed by atoms with Gasteiger partial charge in [-0.1, -0.05) is 0 Å². The number of ether oxygens (including phenoxy) is 2. The quantitative estimate of drug-likeness (QED) is 0.869. The molecule has 7 nitrogen and oxygen atoms in total. The molecule has 1 N–H and O–H groups in total. The van der Waals surface area contributed by atoms with Gasteiger partial charge >= 0.3 is 0 Å². The van der Waals surface area contributed by atoms with Crippen LogP contribution in [0.5, 0.6) is 11.5 Å². The first kappa shape index (κ1) is 17.8. The predicted molar refractivity (Wildman–Crippen MR) is 96.9 cm³/mol. The lowest BCUT2D eigenvalue weighted by Crippen LogP contribution is -2.51. The van der Waals surface area contributed by atoms with E-state index in [-0.39, 0.29) is 24.2 Å². The molecule has 1 aromatic rings. The average molecular weight is 372 g/mol. The summed E-state index contributed by atoms with van der Waals surface area (Å²) in [7, 11) is 0. The Morgan fingerprint density at radius 3 is 2.70 bits per heavy atom. The van der Waals surface area contributed by atoms with Crippen molar-refractivity contribution < 1.29 is 23.9 Å². The molecule has 1 saturated heterocycles. The first-order valence-corrected chi connectivity index (χ1v) is 9.48. The first-order chi connectivity index (χ1) is 12.9. The van der Waals surface area contributed by atoms with Crippen LogP contribution in [0.15, 0.2) is 18.2 Å². The van der Waals surface area contributed by atoms with Gasteiger partial charge in [0, 0.05) is 45.0 Å². The van der Waals surface area contributed by atoms with Gasteiger partial charge in [-0.3, -0.25) is 14.4 Å². The highest BCUT2D eigenvalue weighted by atomic mass is 16.5. The zero-order chi connectivity index (χ0) is 19.0. The van der Waals surface area contributed by atoms with Crippen LogP contribution in [-0.4, -0.2) is 53.8 Å². The van der Waals surface area contributed by atoms with E-state index in [2.05, 4.69) is 5.32 Å². The van der Waals surface area contributed by atoms with Gasteiger partial charge in [0.15, 0.2) is 12.4 Å². The highest BCUT2D eigenvalue weighted by Crippen LogP contribution is 2.40. The Bertz CT molecular complexity index is 779. The van der Waals surface area contributed by atoms with Crippen molar-refractivity contribution in [3.8, 4) is 11.5 Å². The molecule has 1 aromatic carbocycles. The Morgan fingerprint density at radius 1 is 1.30 bits per heavy atom. The van der Waals surface area contributed by atoms with Gasteiger partial charge in [-0.05, 0) is 25.0 Å². The average Bonchev–Trinajstić information content (AvgIpc) is 3.44. The van der Waals surface area contributed by atoms with Gasteiger partial charge in [0.1, 0.15) is 17.1 Å². The Balaban J connectivity index is 1.43. The van der Waals surface area contributed by atoms with Crippen LogP contribution in [0.3, 0.4) is 0 Å². The van der Waals surface area contributed by atoms with Gasteiger partial charge in [0.25, 0.3) is 5.91 Å². The minimum Gasteiger partial charge on any atom is -0.486 e. The van der Waals surface area contributed by atoms with Crippen molar-refractivity contribution >= 4 is 17.6 Å². The lowest BCUT2D eigenvalue weighted by atomic mass is 9.82. The molecule has 2 heterocycles. The zero-order valence-electron chi connectivity index (χ0n) is 15.5. The van der Waals surface area contributed by atoms with E-state index < -0.39 is 5.60 Å². The molecule has 1 spiro atoms. The molecular weight excluding hydrogens is 348 g/mol. The summed E-state index contributed by atoms with van der Waals surface area (Å²) in [6.45, 7) is 2.69. The second kappa shape index (κ2) is 6.87. The van der Waals surface area contributed by atoms with Gasteiger partial charge in [-0.25, -0.2) is 0 Å². The third-order valence-electron chi connectivity index (χ3n) is 5.50. The number of Topliss-reactive ketones (excluding diaryl/α,β-unsaturated/α-hetero) is 1. The second-order valence-corrected chi connectivity index (χ2v) is 7.68. The maximum absolute atomic E-state index is 12.6. The van der Waals surface area contributed by atoms with Gasteiger partial charge in [-0.15, -0.1) is 0 Å². The van der Waals surface area contributed by atoms with Crippen LogP contribution in [0.2, 0.25) is 0 Å². The van der Waals surface area contributed by atoms with Crippen molar-refractivity contribution in [2.24, 2.45) is 0 Å². The van der Waals surface area contributed by atoms with Gasteiger partial charge in [-0.2, -0.15) is 0 Å². The van der Waals surface area contributed by atoms with E-state index in [1.165, 1.54) is 0 Å². The molecule has 1 saturated carbocycles. The summed E-state index contributed by atoms with van der Waals surface area (Å²) in [4.78, 5) is 37.7. The Kier molecular flexibility index (Phi) is 4.53. The predicted octanol–water partition coefficient (Wildman–Crippen LogP) is 1.69. The van der Waals surface area contributed by atoms with E-state index in [9.17, 15) is 14.4 Å². The summed E-state index contributed by atoms with van der Waals surface area (Å²) < 4.78 is 11.8. The van der Waals surface area contributed by atoms with Crippen molar-refractivity contribution in [2.45, 2.75) is 50.7 Å². The molecular formula is C20H24N2O5. The fourth-order valence-electron chi connectivity index (χ4n) is 3.72. The number of likely N-dealkylation sites (tertiary alicyclic amines) is 1. The van der Waals surface area contributed by atoms with E-state index in [1.807, 2.05) is 0 Å². The smallest absolute Gasteiger partial charge is 0.258 e. The number of benzene rings is 1. The SMILES string of the molecule is CC(=O)N1CCC2(CC1)CC(=O)c1ccc(OCC(=O)NC3CC3)cc1O2. The zero-order valence-corrected chi connectivity index (χ0v) is 15.5. The number of hydrogen-bond donors (Lipinski definition) is 1. The van der Waals surface area contributed by atoms with E-state index >= 15 is 0 Å². The Labute approximate surface area is 158 Å². The number of hydrogen-bond acceptors (Lipinski definition) is 5. The van der Waals surface area contributed by atoms with E-state index in [0.717, 1.165) is 12.8 Å². The normalized spacial score (nSPS) is 20.6. The standard InChI is InChI=1S/C20H24N2O5/c1-13(23)22-8-6-20(7-9-22)11-17(24)16-5-4-15(10-18(16)27-20)26-12-19(25)21-14-2-3-14/h4-5,10,14H,2-3,6-9,11-12H2,1H3,(H,21,25). The molecule has 2 amide bonds. The molecule has 2 aliphatic heterocycles. The van der Waals surface area contributed by atoms with Gasteiger partial charge in [0.05, 0.1) is 12.0 Å². The van der Waals surface area contributed by atoms with Crippen LogP contribution >= 0.6 is 0 Å². The van der Waals surface area contributed by atoms with Crippen molar-refractivity contribution in [2.75, 3.05) is 19.7 Å². The van der Waals surface area contributed by atoms with E-state index in [0.29, 0.717) is 55.5 Å². The number of nitrogens with one attached hydrogen (secondary N) is 1. The third kappa shape index (κ3) is 3.91. The van der Waals surface area contributed by atoms with Crippen LogP contribution < -0.4 is 14.8 Å². The van der Waals surface area contributed by atoms with E-state index in [1.54, 1.807) is 30.0 Å². The Hall–Kier alpha value is -2.57. The van der Waals surface area contributed by atoms with Crippen molar-refractivity contribution in [3.63, 3.8) is 0 Å². The fourth-order valence-corrected chi connectivity index (χ4v) is 3.72. The summed E-state index contributed by atoms with van der Waals surface area (Å²) in [5.74, 6) is 0.965. The van der Waals surface area contributed by atoms with Crippen LogP contribution in [0.4, 0.5) is 0 Å². The summed E-state index contributed by atoms with van der Waals surface area (Å²) in [6, 6.07) is 5.38. The van der Waals surface area contributed by atoms with Crippen LogP contribution in [0, 0.1) is 0 Å². The van der Waals surface area contributed by atoms with Gasteiger partial charge in [0.2, 0.25) is 5.91 Å². The van der Waals surface area contributed by atoms with Crippen LogP contribution in [0.25, 0.3) is 0 Å². The van der Waals surface area contributed by atoms with Crippen molar-refractivity contribution in [1.82, 2.24) is 10.2 Å². The lowest BCUT2D eigenvalue weighted by Gasteiger charge is -2.43. The molecule has 7 heteroatoms. The maximum atomic E-state index is 12.6. The molecule has 0 bridgehead atoms. The summed E-state index contributed by atoms with van der Waals surface area (Å²) in [6.07, 6.45) is 3.66. The molecule has 144 valence electrons. The lowest BCUT2D eigenvalue weighted by molar-refractivity contribution is -0.132. The number of carbonyl (C=O) groups is 3. The number of carbonyl (C=O) groups excluding carboxylic acids is 3. The minimum absolute atomic E-state index is 0.0468. The molecule has 3 aliphatic rings.